The summed E-state index contributed by atoms with van der Waals surface area (Å²) in [4.78, 5) is 12.1. The van der Waals surface area contributed by atoms with Crippen molar-refractivity contribution in [2.24, 2.45) is 11.3 Å². The van der Waals surface area contributed by atoms with Crippen LogP contribution in [0.3, 0.4) is 0 Å². The monoisotopic (exact) mass is 260 g/mol. The molecule has 0 radical (unpaired) electrons. The molecule has 2 atom stereocenters. The number of rotatable bonds is 2. The van der Waals surface area contributed by atoms with E-state index in [1.54, 1.807) is 0 Å². The lowest BCUT2D eigenvalue weighted by Gasteiger charge is -2.30. The van der Waals surface area contributed by atoms with Gasteiger partial charge in [-0.25, -0.2) is 0 Å². The van der Waals surface area contributed by atoms with Gasteiger partial charge < -0.3 is 10.6 Å². The van der Waals surface area contributed by atoms with E-state index in [1.165, 1.54) is 12.8 Å². The molecule has 1 aliphatic carbocycles. The molecule has 2 N–H and O–H groups in total. The molecule has 4 heteroatoms. The highest BCUT2D eigenvalue weighted by Crippen LogP contribution is 2.37. The number of halogens is 1. The van der Waals surface area contributed by atoms with Crippen molar-refractivity contribution in [3.05, 3.63) is 0 Å². The Hall–Kier alpha value is -0.280. The number of carbonyl (C=O) groups is 1. The number of hydrogen-bond donors (Lipinski definition) is 2. The van der Waals surface area contributed by atoms with Gasteiger partial charge in [-0.05, 0) is 37.6 Å². The lowest BCUT2D eigenvalue weighted by molar-refractivity contribution is -0.126. The molecule has 3 nitrogen and oxygen atoms in total. The van der Waals surface area contributed by atoms with Crippen LogP contribution in [0.15, 0.2) is 0 Å². The van der Waals surface area contributed by atoms with Crippen molar-refractivity contribution in [2.75, 3.05) is 13.1 Å². The maximum atomic E-state index is 12.1. The largest absolute Gasteiger partial charge is 0.353 e. The molecule has 1 saturated carbocycles. The van der Waals surface area contributed by atoms with Crippen LogP contribution < -0.4 is 10.6 Å². The summed E-state index contributed by atoms with van der Waals surface area (Å²) in [6.45, 7) is 6.46. The maximum absolute atomic E-state index is 12.1. The van der Waals surface area contributed by atoms with E-state index in [-0.39, 0.29) is 29.6 Å². The summed E-state index contributed by atoms with van der Waals surface area (Å²) in [6, 6.07) is 0.391. The smallest absolute Gasteiger partial charge is 0.224 e. The molecule has 2 fully saturated rings. The Morgan fingerprint density at radius 3 is 2.59 bits per heavy atom. The standard InChI is InChI=1S/C13H24N2O.ClH/c1-13(2)7-3-6-11(13)15-12(16)10-5-4-8-14-9-10;/h10-11,14H,3-9H2,1-2H3,(H,15,16);1H/t10-,11?;/m1./s1. The molecule has 1 unspecified atom stereocenters. The van der Waals surface area contributed by atoms with Crippen molar-refractivity contribution < 1.29 is 4.79 Å². The van der Waals surface area contributed by atoms with E-state index in [4.69, 9.17) is 0 Å². The fourth-order valence-corrected chi connectivity index (χ4v) is 2.96. The SMILES string of the molecule is CC1(C)CCCC1NC(=O)[C@@H]1CCCNC1.Cl. The van der Waals surface area contributed by atoms with E-state index < -0.39 is 0 Å². The van der Waals surface area contributed by atoms with Crippen LogP contribution in [0.4, 0.5) is 0 Å². The fraction of sp³-hybridized carbons (Fsp3) is 0.923. The van der Waals surface area contributed by atoms with Gasteiger partial charge in [0.05, 0.1) is 5.92 Å². The van der Waals surface area contributed by atoms with Gasteiger partial charge in [0.25, 0.3) is 0 Å². The van der Waals surface area contributed by atoms with E-state index in [0.717, 1.165) is 32.4 Å². The molecule has 0 bridgehead atoms. The Balaban J connectivity index is 0.00000144. The van der Waals surface area contributed by atoms with Crippen LogP contribution in [0.1, 0.15) is 46.0 Å². The number of amides is 1. The first-order valence-corrected chi connectivity index (χ1v) is 6.61. The first-order chi connectivity index (χ1) is 7.59. The molecular formula is C13H25ClN2O. The van der Waals surface area contributed by atoms with Crippen LogP contribution >= 0.6 is 12.4 Å². The third kappa shape index (κ3) is 3.59. The second-order valence-corrected chi connectivity index (χ2v) is 5.99. The summed E-state index contributed by atoms with van der Waals surface area (Å²) in [6.07, 6.45) is 5.82. The average molecular weight is 261 g/mol. The van der Waals surface area contributed by atoms with Crippen molar-refractivity contribution in [2.45, 2.75) is 52.0 Å². The van der Waals surface area contributed by atoms with Crippen LogP contribution in [-0.4, -0.2) is 25.0 Å². The van der Waals surface area contributed by atoms with Gasteiger partial charge >= 0.3 is 0 Å². The molecule has 2 aliphatic rings. The van der Waals surface area contributed by atoms with E-state index in [2.05, 4.69) is 24.5 Å². The Kier molecular flexibility index (Phi) is 5.26. The lowest BCUT2D eigenvalue weighted by Crippen LogP contribution is -2.47. The van der Waals surface area contributed by atoms with Gasteiger partial charge in [0.1, 0.15) is 0 Å². The molecule has 2 rings (SSSR count). The maximum Gasteiger partial charge on any atom is 0.224 e. The third-order valence-electron chi connectivity index (χ3n) is 4.24. The Morgan fingerprint density at radius 1 is 1.29 bits per heavy atom. The lowest BCUT2D eigenvalue weighted by atomic mass is 9.87. The topological polar surface area (TPSA) is 41.1 Å². The van der Waals surface area contributed by atoms with Crippen LogP contribution in [0.2, 0.25) is 0 Å². The molecular weight excluding hydrogens is 236 g/mol. The zero-order valence-corrected chi connectivity index (χ0v) is 11.7. The van der Waals surface area contributed by atoms with Crippen molar-refractivity contribution in [1.29, 1.82) is 0 Å². The molecule has 1 amide bonds. The van der Waals surface area contributed by atoms with Crippen LogP contribution in [-0.2, 0) is 4.79 Å². The van der Waals surface area contributed by atoms with Gasteiger partial charge in [-0.1, -0.05) is 20.3 Å². The fourth-order valence-electron chi connectivity index (χ4n) is 2.96. The highest BCUT2D eigenvalue weighted by atomic mass is 35.5. The van der Waals surface area contributed by atoms with E-state index in [1.807, 2.05) is 0 Å². The molecule has 1 heterocycles. The van der Waals surface area contributed by atoms with Crippen molar-refractivity contribution in [3.8, 4) is 0 Å². The van der Waals surface area contributed by atoms with E-state index in [9.17, 15) is 4.79 Å². The minimum absolute atomic E-state index is 0. The number of hydrogen-bond acceptors (Lipinski definition) is 2. The molecule has 100 valence electrons. The molecule has 0 aromatic carbocycles. The molecule has 1 aliphatic heterocycles. The zero-order valence-electron chi connectivity index (χ0n) is 10.9. The summed E-state index contributed by atoms with van der Waals surface area (Å²) in [5.74, 6) is 0.470. The first kappa shape index (κ1) is 14.8. The number of nitrogens with one attached hydrogen (secondary N) is 2. The Labute approximate surface area is 111 Å². The minimum atomic E-state index is 0. The van der Waals surface area contributed by atoms with Gasteiger partial charge in [-0.3, -0.25) is 4.79 Å². The summed E-state index contributed by atoms with van der Waals surface area (Å²) < 4.78 is 0. The first-order valence-electron chi connectivity index (χ1n) is 6.61. The van der Waals surface area contributed by atoms with Crippen molar-refractivity contribution in [3.63, 3.8) is 0 Å². The normalized spacial score (nSPS) is 31.6. The zero-order chi connectivity index (χ0) is 11.6. The second-order valence-electron chi connectivity index (χ2n) is 5.99. The van der Waals surface area contributed by atoms with Crippen molar-refractivity contribution in [1.82, 2.24) is 10.6 Å². The number of piperidine rings is 1. The molecule has 0 aromatic rings. The predicted molar refractivity (Wildman–Crippen MR) is 72.4 cm³/mol. The molecule has 17 heavy (non-hydrogen) atoms. The van der Waals surface area contributed by atoms with Crippen LogP contribution in [0.25, 0.3) is 0 Å². The summed E-state index contributed by atoms with van der Waals surface area (Å²) in [5, 5.41) is 6.56. The van der Waals surface area contributed by atoms with E-state index >= 15 is 0 Å². The van der Waals surface area contributed by atoms with Crippen LogP contribution in [0, 0.1) is 11.3 Å². The van der Waals surface area contributed by atoms with Gasteiger partial charge in [0, 0.05) is 12.6 Å². The number of carbonyl (C=O) groups excluding carboxylic acids is 1. The quantitative estimate of drug-likeness (QED) is 0.799. The highest BCUT2D eigenvalue weighted by molar-refractivity contribution is 5.85. The summed E-state index contributed by atoms with van der Waals surface area (Å²) in [5.41, 5.74) is 0.289. The Morgan fingerprint density at radius 2 is 2.06 bits per heavy atom. The second kappa shape index (κ2) is 6.05. The third-order valence-corrected chi connectivity index (χ3v) is 4.24. The van der Waals surface area contributed by atoms with Gasteiger partial charge in [0.15, 0.2) is 0 Å². The molecule has 1 saturated heterocycles. The van der Waals surface area contributed by atoms with Crippen LogP contribution in [0.5, 0.6) is 0 Å². The van der Waals surface area contributed by atoms with Gasteiger partial charge in [-0.2, -0.15) is 0 Å². The minimum Gasteiger partial charge on any atom is -0.353 e. The predicted octanol–water partition coefficient (Wildman–Crippen LogP) is 2.10. The highest BCUT2D eigenvalue weighted by Gasteiger charge is 2.36. The van der Waals surface area contributed by atoms with Gasteiger partial charge in [-0.15, -0.1) is 12.4 Å². The van der Waals surface area contributed by atoms with E-state index in [0.29, 0.717) is 6.04 Å². The molecule has 0 spiro atoms. The summed E-state index contributed by atoms with van der Waals surface area (Å²) in [7, 11) is 0. The average Bonchev–Trinajstić information content (AvgIpc) is 2.59. The molecule has 0 aromatic heterocycles. The van der Waals surface area contributed by atoms with Gasteiger partial charge in [0.2, 0.25) is 5.91 Å². The Bertz CT molecular complexity index is 262. The summed E-state index contributed by atoms with van der Waals surface area (Å²) >= 11 is 0. The van der Waals surface area contributed by atoms with Crippen molar-refractivity contribution >= 4 is 18.3 Å².